The van der Waals surface area contributed by atoms with Crippen LogP contribution in [-0.4, -0.2) is 67.0 Å². The van der Waals surface area contributed by atoms with Crippen molar-refractivity contribution in [1.82, 2.24) is 0 Å². The molecule has 88 valence electrons. The van der Waals surface area contributed by atoms with Crippen LogP contribution in [0.3, 0.4) is 0 Å². The van der Waals surface area contributed by atoms with Crippen molar-refractivity contribution < 1.29 is 25.9 Å². The van der Waals surface area contributed by atoms with Gasteiger partial charge in [0.1, 0.15) is 0 Å². The van der Waals surface area contributed by atoms with Crippen LogP contribution in [0.2, 0.25) is 0 Å². The van der Waals surface area contributed by atoms with E-state index in [1.54, 1.807) is 0 Å². The van der Waals surface area contributed by atoms with Gasteiger partial charge in [-0.3, -0.25) is 9.11 Å². The van der Waals surface area contributed by atoms with Gasteiger partial charge in [0.2, 0.25) is 0 Å². The second-order valence-electron chi connectivity index (χ2n) is 2.99. The van der Waals surface area contributed by atoms with Gasteiger partial charge in [-0.25, -0.2) is 0 Å². The molecule has 0 aromatic carbocycles. The zero-order valence-corrected chi connectivity index (χ0v) is 9.22. The molecule has 0 spiro atoms. The van der Waals surface area contributed by atoms with Crippen molar-refractivity contribution >= 4 is 49.8 Å². The van der Waals surface area contributed by atoms with E-state index in [-0.39, 0.29) is 41.1 Å². The molecule has 0 saturated heterocycles. The van der Waals surface area contributed by atoms with Crippen LogP contribution in [0.4, 0.5) is 0 Å². The normalized spacial score (nSPS) is 12.1. The van der Waals surface area contributed by atoms with Gasteiger partial charge in [0.25, 0.3) is 20.2 Å². The van der Waals surface area contributed by atoms with E-state index in [9.17, 15) is 16.8 Å². The average molecular weight is 270 g/mol. The molecule has 2 N–H and O–H groups in total. The summed E-state index contributed by atoms with van der Waals surface area (Å²) in [5.41, 5.74) is 0. The van der Waals surface area contributed by atoms with Gasteiger partial charge in [0.15, 0.2) is 0 Å². The van der Waals surface area contributed by atoms with E-state index in [4.69, 9.17) is 9.11 Å². The molecule has 0 unspecified atom stereocenters. The summed E-state index contributed by atoms with van der Waals surface area (Å²) in [4.78, 5) is 0. The zero-order chi connectivity index (χ0) is 11.2. The standard InChI is InChI=1S/C6H14O6S2.Na.H/c7-13(8,9)5-3-1-2-4-6-14(10,11)12;;/h1-6H2,(H,7,8,9)(H,10,11,12);;. The minimum atomic E-state index is -3.91. The molecule has 0 radical (unpaired) electrons. The van der Waals surface area contributed by atoms with Gasteiger partial charge in [0, 0.05) is 0 Å². The Morgan fingerprint density at radius 3 is 1.13 bits per heavy atom. The fourth-order valence-corrected chi connectivity index (χ4v) is 2.06. The Hall–Kier alpha value is 0.820. The molecule has 0 saturated carbocycles. The van der Waals surface area contributed by atoms with Crippen LogP contribution >= 0.6 is 0 Å². The van der Waals surface area contributed by atoms with E-state index in [1.165, 1.54) is 0 Å². The molecule has 0 aliphatic rings. The Balaban J connectivity index is 0. The minimum absolute atomic E-state index is 0. The molecule has 0 heterocycles. The fraction of sp³-hybridized carbons (Fsp3) is 1.00. The Bertz CT molecular complexity index is 310. The first kappa shape index (κ1) is 18.2. The number of hydrogen-bond acceptors (Lipinski definition) is 4. The first-order valence-corrected chi connectivity index (χ1v) is 7.33. The van der Waals surface area contributed by atoms with Crippen LogP contribution in [0, 0.1) is 0 Å². The van der Waals surface area contributed by atoms with Crippen molar-refractivity contribution in [3.8, 4) is 0 Å². The molecule has 0 fully saturated rings. The maximum absolute atomic E-state index is 10.2. The van der Waals surface area contributed by atoms with Crippen molar-refractivity contribution in [2.45, 2.75) is 25.7 Å². The summed E-state index contributed by atoms with van der Waals surface area (Å²) in [5.74, 6) is -0.613. The van der Waals surface area contributed by atoms with Crippen molar-refractivity contribution in [2.24, 2.45) is 0 Å². The van der Waals surface area contributed by atoms with Crippen LogP contribution < -0.4 is 0 Å². The number of unbranched alkanes of at least 4 members (excludes halogenated alkanes) is 3. The second kappa shape index (κ2) is 7.99. The number of hydrogen-bond donors (Lipinski definition) is 2. The molecule has 0 aliphatic heterocycles. The van der Waals surface area contributed by atoms with E-state index in [0.29, 0.717) is 25.7 Å². The first-order valence-electron chi connectivity index (χ1n) is 4.11. The maximum atomic E-state index is 10.2. The second-order valence-corrected chi connectivity index (χ2v) is 6.13. The van der Waals surface area contributed by atoms with E-state index in [2.05, 4.69) is 0 Å². The SMILES string of the molecule is O=S(=O)(O)CCCCCCS(=O)(=O)O.[NaH]. The molecule has 0 aromatic heterocycles. The predicted octanol–water partition coefficient (Wildman–Crippen LogP) is -0.326. The Morgan fingerprint density at radius 2 is 0.933 bits per heavy atom. The van der Waals surface area contributed by atoms with Crippen LogP contribution in [0.1, 0.15) is 25.7 Å². The molecule has 0 atom stereocenters. The van der Waals surface area contributed by atoms with Crippen LogP contribution in [0.25, 0.3) is 0 Å². The van der Waals surface area contributed by atoms with Gasteiger partial charge in [-0.15, -0.1) is 0 Å². The van der Waals surface area contributed by atoms with Crippen molar-refractivity contribution in [1.29, 1.82) is 0 Å². The first-order chi connectivity index (χ1) is 6.21. The van der Waals surface area contributed by atoms with E-state index in [1.807, 2.05) is 0 Å². The molecule has 0 amide bonds. The molecule has 9 heteroatoms. The van der Waals surface area contributed by atoms with Crippen molar-refractivity contribution in [3.63, 3.8) is 0 Å². The topological polar surface area (TPSA) is 109 Å². The Labute approximate surface area is 112 Å². The molecular weight excluding hydrogens is 255 g/mol. The van der Waals surface area contributed by atoms with Gasteiger partial charge < -0.3 is 0 Å². The summed E-state index contributed by atoms with van der Waals surface area (Å²) in [7, 11) is -7.81. The molecule has 0 aliphatic carbocycles. The van der Waals surface area contributed by atoms with Gasteiger partial charge in [-0.2, -0.15) is 16.8 Å². The summed E-state index contributed by atoms with van der Waals surface area (Å²) >= 11 is 0. The number of rotatable bonds is 7. The van der Waals surface area contributed by atoms with Gasteiger partial charge in [-0.05, 0) is 12.8 Å². The fourth-order valence-electron chi connectivity index (χ4n) is 0.922. The average Bonchev–Trinajstić information content (AvgIpc) is 1.92. The summed E-state index contributed by atoms with van der Waals surface area (Å²) in [6.07, 6.45) is 1.61. The molecule has 0 aromatic rings. The summed E-state index contributed by atoms with van der Waals surface area (Å²) in [5, 5.41) is 0. The van der Waals surface area contributed by atoms with Crippen LogP contribution in [0.5, 0.6) is 0 Å². The molecule has 0 bridgehead atoms. The summed E-state index contributed by atoms with van der Waals surface area (Å²) in [6, 6.07) is 0. The van der Waals surface area contributed by atoms with Crippen molar-refractivity contribution in [2.75, 3.05) is 11.5 Å². The summed E-state index contributed by atoms with van der Waals surface area (Å²) < 4.78 is 57.7. The van der Waals surface area contributed by atoms with Crippen molar-refractivity contribution in [3.05, 3.63) is 0 Å². The molecular formula is C6H15NaO6S2. The van der Waals surface area contributed by atoms with E-state index >= 15 is 0 Å². The Kier molecular flexibility index (Phi) is 9.69. The summed E-state index contributed by atoms with van der Waals surface area (Å²) in [6.45, 7) is 0. The van der Waals surface area contributed by atoms with Crippen LogP contribution in [-0.2, 0) is 20.2 Å². The Morgan fingerprint density at radius 1 is 0.667 bits per heavy atom. The van der Waals surface area contributed by atoms with Gasteiger partial charge >= 0.3 is 29.6 Å². The van der Waals surface area contributed by atoms with E-state index in [0.717, 1.165) is 0 Å². The van der Waals surface area contributed by atoms with E-state index < -0.39 is 20.2 Å². The predicted molar refractivity (Wildman–Crippen MR) is 58.4 cm³/mol. The molecule has 15 heavy (non-hydrogen) atoms. The molecule has 0 rings (SSSR count). The van der Waals surface area contributed by atoms with Crippen LogP contribution in [0.15, 0.2) is 0 Å². The third kappa shape index (κ3) is 17.4. The van der Waals surface area contributed by atoms with Gasteiger partial charge in [0.05, 0.1) is 11.5 Å². The van der Waals surface area contributed by atoms with Gasteiger partial charge in [-0.1, -0.05) is 12.8 Å². The third-order valence-corrected chi connectivity index (χ3v) is 3.16. The monoisotopic (exact) mass is 270 g/mol. The quantitative estimate of drug-likeness (QED) is 0.372. The molecule has 6 nitrogen and oxygen atoms in total. The zero-order valence-electron chi connectivity index (χ0n) is 7.59. The third-order valence-electron chi connectivity index (χ3n) is 1.55.